The van der Waals surface area contributed by atoms with Crippen molar-refractivity contribution in [2.24, 2.45) is 5.92 Å². The second-order valence-electron chi connectivity index (χ2n) is 4.47. The van der Waals surface area contributed by atoms with Crippen LogP contribution in [0.2, 0.25) is 5.02 Å². The average molecular weight is 283 g/mol. The second kappa shape index (κ2) is 6.02. The highest BCUT2D eigenvalue weighted by molar-refractivity contribution is 6.33. The number of hydrogen-bond donors (Lipinski definition) is 0. The molecule has 0 spiro atoms. The summed E-state index contributed by atoms with van der Waals surface area (Å²) in [5.74, 6) is -0.678. The Morgan fingerprint density at radius 2 is 2.32 bits per heavy atom. The van der Waals surface area contributed by atoms with Gasteiger partial charge in [0, 0.05) is 25.5 Å². The molecule has 1 aromatic rings. The number of amides is 1. The van der Waals surface area contributed by atoms with Gasteiger partial charge in [0.1, 0.15) is 0 Å². The number of carbonyl (C=O) groups is 2. The lowest BCUT2D eigenvalue weighted by Gasteiger charge is -2.31. The maximum absolute atomic E-state index is 12.3. The molecule has 0 bridgehead atoms. The first-order valence-corrected chi connectivity index (χ1v) is 6.48. The molecule has 1 aromatic heterocycles. The minimum absolute atomic E-state index is 0.166. The van der Waals surface area contributed by atoms with Crippen LogP contribution in [-0.2, 0) is 9.53 Å². The number of methoxy groups -OCH3 is 1. The summed E-state index contributed by atoms with van der Waals surface area (Å²) >= 11 is 5.96. The van der Waals surface area contributed by atoms with Crippen LogP contribution in [0.3, 0.4) is 0 Å². The molecule has 2 heterocycles. The third-order valence-corrected chi connectivity index (χ3v) is 3.55. The number of aromatic nitrogens is 1. The molecule has 0 radical (unpaired) electrons. The Morgan fingerprint density at radius 3 is 3.00 bits per heavy atom. The molecule has 19 heavy (non-hydrogen) atoms. The lowest BCUT2D eigenvalue weighted by atomic mass is 9.97. The molecule has 1 aliphatic rings. The SMILES string of the molecule is COC(=O)C1CCCN(C(=O)c2ccncc2Cl)C1. The molecular formula is C13H15ClN2O3. The number of likely N-dealkylation sites (tertiary alicyclic amines) is 1. The fraction of sp³-hybridized carbons (Fsp3) is 0.462. The van der Waals surface area contributed by atoms with Gasteiger partial charge in [-0.15, -0.1) is 0 Å². The van der Waals surface area contributed by atoms with Crippen molar-refractivity contribution in [1.82, 2.24) is 9.88 Å². The van der Waals surface area contributed by atoms with E-state index in [2.05, 4.69) is 4.98 Å². The number of rotatable bonds is 2. The average Bonchev–Trinajstić information content (AvgIpc) is 2.46. The number of halogens is 1. The van der Waals surface area contributed by atoms with Gasteiger partial charge in [-0.1, -0.05) is 11.6 Å². The Balaban J connectivity index is 2.11. The van der Waals surface area contributed by atoms with Crippen LogP contribution >= 0.6 is 11.6 Å². The first-order valence-electron chi connectivity index (χ1n) is 6.10. The quantitative estimate of drug-likeness (QED) is 0.776. The number of ether oxygens (including phenoxy) is 1. The highest BCUT2D eigenvalue weighted by Crippen LogP contribution is 2.22. The molecular weight excluding hydrogens is 268 g/mol. The zero-order valence-electron chi connectivity index (χ0n) is 10.6. The van der Waals surface area contributed by atoms with E-state index in [1.165, 1.54) is 19.5 Å². The normalized spacial score (nSPS) is 19.1. The van der Waals surface area contributed by atoms with Crippen molar-refractivity contribution in [3.8, 4) is 0 Å². The molecule has 6 heteroatoms. The summed E-state index contributed by atoms with van der Waals surface area (Å²) in [4.78, 5) is 29.4. The van der Waals surface area contributed by atoms with E-state index < -0.39 is 0 Å². The van der Waals surface area contributed by atoms with Gasteiger partial charge in [-0.05, 0) is 18.9 Å². The third-order valence-electron chi connectivity index (χ3n) is 3.25. The lowest BCUT2D eigenvalue weighted by molar-refractivity contribution is -0.146. The summed E-state index contributed by atoms with van der Waals surface area (Å²) in [6.45, 7) is 1.01. The topological polar surface area (TPSA) is 59.5 Å². The van der Waals surface area contributed by atoms with E-state index in [1.54, 1.807) is 11.0 Å². The monoisotopic (exact) mass is 282 g/mol. The van der Waals surface area contributed by atoms with Crippen molar-refractivity contribution in [1.29, 1.82) is 0 Å². The fourth-order valence-corrected chi connectivity index (χ4v) is 2.44. The van der Waals surface area contributed by atoms with Crippen LogP contribution in [0.4, 0.5) is 0 Å². The summed E-state index contributed by atoms with van der Waals surface area (Å²) in [7, 11) is 1.36. The molecule has 1 saturated heterocycles. The van der Waals surface area contributed by atoms with Gasteiger partial charge >= 0.3 is 5.97 Å². The molecule has 1 amide bonds. The summed E-state index contributed by atoms with van der Waals surface area (Å²) in [6, 6.07) is 1.59. The molecule has 1 fully saturated rings. The zero-order valence-corrected chi connectivity index (χ0v) is 11.4. The second-order valence-corrected chi connectivity index (χ2v) is 4.88. The molecule has 0 N–H and O–H groups in total. The van der Waals surface area contributed by atoms with E-state index in [0.717, 1.165) is 12.8 Å². The van der Waals surface area contributed by atoms with Gasteiger partial charge in [-0.3, -0.25) is 14.6 Å². The molecule has 1 unspecified atom stereocenters. The van der Waals surface area contributed by atoms with Gasteiger partial charge in [0.2, 0.25) is 0 Å². The van der Waals surface area contributed by atoms with Gasteiger partial charge < -0.3 is 9.64 Å². The van der Waals surface area contributed by atoms with Crippen LogP contribution in [0.25, 0.3) is 0 Å². The molecule has 2 rings (SSSR count). The Kier molecular flexibility index (Phi) is 4.37. The number of hydrogen-bond acceptors (Lipinski definition) is 4. The Morgan fingerprint density at radius 1 is 1.53 bits per heavy atom. The lowest BCUT2D eigenvalue weighted by Crippen LogP contribution is -2.42. The molecule has 102 valence electrons. The summed E-state index contributed by atoms with van der Waals surface area (Å²) < 4.78 is 4.73. The third kappa shape index (κ3) is 3.04. The van der Waals surface area contributed by atoms with Gasteiger partial charge in [-0.2, -0.15) is 0 Å². The summed E-state index contributed by atoms with van der Waals surface area (Å²) in [5, 5.41) is 0.327. The number of piperidine rings is 1. The van der Waals surface area contributed by atoms with E-state index in [9.17, 15) is 9.59 Å². The van der Waals surface area contributed by atoms with Crippen LogP contribution < -0.4 is 0 Å². The fourth-order valence-electron chi connectivity index (χ4n) is 2.24. The molecule has 1 aliphatic heterocycles. The van der Waals surface area contributed by atoms with Gasteiger partial charge in [0.15, 0.2) is 0 Å². The molecule has 0 aromatic carbocycles. The van der Waals surface area contributed by atoms with E-state index in [-0.39, 0.29) is 17.8 Å². The van der Waals surface area contributed by atoms with E-state index in [1.807, 2.05) is 0 Å². The predicted octanol–water partition coefficient (Wildman–Crippen LogP) is 1.76. The zero-order chi connectivity index (χ0) is 13.8. The first-order chi connectivity index (χ1) is 9.13. The van der Waals surface area contributed by atoms with Crippen LogP contribution in [0, 0.1) is 5.92 Å². The molecule has 5 nitrogen and oxygen atoms in total. The highest BCUT2D eigenvalue weighted by Gasteiger charge is 2.30. The van der Waals surface area contributed by atoms with Crippen molar-refractivity contribution in [2.75, 3.05) is 20.2 Å². The smallest absolute Gasteiger partial charge is 0.310 e. The van der Waals surface area contributed by atoms with Gasteiger partial charge in [-0.25, -0.2) is 0 Å². The number of nitrogens with zero attached hydrogens (tertiary/aromatic N) is 2. The van der Waals surface area contributed by atoms with Crippen molar-refractivity contribution < 1.29 is 14.3 Å². The van der Waals surface area contributed by atoms with Crippen molar-refractivity contribution >= 4 is 23.5 Å². The van der Waals surface area contributed by atoms with Crippen molar-refractivity contribution in [2.45, 2.75) is 12.8 Å². The standard InChI is InChI=1S/C13H15ClN2O3/c1-19-13(18)9-3-2-6-16(8-9)12(17)10-4-5-15-7-11(10)14/h4-5,7,9H,2-3,6,8H2,1H3. The Bertz CT molecular complexity index is 493. The minimum atomic E-state index is -0.265. The Hall–Kier alpha value is -1.62. The van der Waals surface area contributed by atoms with Crippen LogP contribution in [0.15, 0.2) is 18.5 Å². The largest absolute Gasteiger partial charge is 0.469 e. The van der Waals surface area contributed by atoms with Crippen molar-refractivity contribution in [3.05, 3.63) is 29.0 Å². The van der Waals surface area contributed by atoms with Gasteiger partial charge in [0.05, 0.1) is 23.6 Å². The maximum atomic E-state index is 12.3. The highest BCUT2D eigenvalue weighted by atomic mass is 35.5. The van der Waals surface area contributed by atoms with E-state index >= 15 is 0 Å². The van der Waals surface area contributed by atoms with Crippen LogP contribution in [0.5, 0.6) is 0 Å². The molecule has 0 aliphatic carbocycles. The van der Waals surface area contributed by atoms with Crippen molar-refractivity contribution in [3.63, 3.8) is 0 Å². The predicted molar refractivity (Wildman–Crippen MR) is 69.9 cm³/mol. The first kappa shape index (κ1) is 13.8. The maximum Gasteiger partial charge on any atom is 0.310 e. The summed E-state index contributed by atoms with van der Waals surface area (Å²) in [6.07, 6.45) is 4.51. The summed E-state index contributed by atoms with van der Waals surface area (Å²) in [5.41, 5.74) is 0.419. The van der Waals surface area contributed by atoms with Crippen LogP contribution in [0.1, 0.15) is 23.2 Å². The van der Waals surface area contributed by atoms with E-state index in [4.69, 9.17) is 16.3 Å². The Labute approximate surface area is 116 Å². The van der Waals surface area contributed by atoms with Crippen LogP contribution in [-0.4, -0.2) is 42.0 Å². The van der Waals surface area contributed by atoms with Gasteiger partial charge in [0.25, 0.3) is 5.91 Å². The molecule has 1 atom stereocenters. The minimum Gasteiger partial charge on any atom is -0.469 e. The van der Waals surface area contributed by atoms with E-state index in [0.29, 0.717) is 23.7 Å². The molecule has 0 saturated carbocycles. The number of esters is 1. The number of carbonyl (C=O) groups excluding carboxylic acids is 2. The number of pyridine rings is 1.